The van der Waals surface area contributed by atoms with Crippen molar-refractivity contribution in [2.75, 3.05) is 4.90 Å². The van der Waals surface area contributed by atoms with E-state index in [4.69, 9.17) is 14.7 Å². The number of anilines is 1. The first-order valence-electron chi connectivity index (χ1n) is 8.72. The van der Waals surface area contributed by atoms with Gasteiger partial charge in [-0.15, -0.1) is 0 Å². The van der Waals surface area contributed by atoms with Gasteiger partial charge in [-0.1, -0.05) is 23.4 Å². The SMILES string of the molecule is NC1(c2noc(-c3occc3CN3C(=O)Cc4ccccc43)n2)CCC1. The molecule has 5 rings (SSSR count). The molecule has 1 aromatic carbocycles. The zero-order valence-electron chi connectivity index (χ0n) is 14.1. The fourth-order valence-electron chi connectivity index (χ4n) is 3.61. The topological polar surface area (TPSA) is 98.4 Å². The Kier molecular flexibility index (Phi) is 3.27. The summed E-state index contributed by atoms with van der Waals surface area (Å²) in [6.07, 6.45) is 4.78. The second-order valence-corrected chi connectivity index (χ2v) is 6.99. The number of nitrogens with two attached hydrogens (primary N) is 1. The molecule has 132 valence electrons. The first-order valence-corrected chi connectivity index (χ1v) is 8.72. The number of amides is 1. The highest BCUT2D eigenvalue weighted by molar-refractivity contribution is 6.01. The van der Waals surface area contributed by atoms with Gasteiger partial charge in [0, 0.05) is 11.3 Å². The molecule has 1 fully saturated rings. The number of benzene rings is 1. The van der Waals surface area contributed by atoms with E-state index >= 15 is 0 Å². The number of carbonyl (C=O) groups is 1. The van der Waals surface area contributed by atoms with Crippen molar-refractivity contribution < 1.29 is 13.7 Å². The first-order chi connectivity index (χ1) is 12.6. The molecule has 1 amide bonds. The number of para-hydroxylation sites is 1. The molecule has 2 N–H and O–H groups in total. The Bertz CT molecular complexity index is 986. The van der Waals surface area contributed by atoms with Crippen molar-refractivity contribution in [2.45, 2.75) is 37.8 Å². The number of furan rings is 1. The highest BCUT2D eigenvalue weighted by Crippen LogP contribution is 2.38. The first kappa shape index (κ1) is 15.3. The van der Waals surface area contributed by atoms with Gasteiger partial charge >= 0.3 is 0 Å². The third kappa shape index (κ3) is 2.28. The fraction of sp³-hybridized carbons (Fsp3) is 0.316. The quantitative estimate of drug-likeness (QED) is 0.777. The summed E-state index contributed by atoms with van der Waals surface area (Å²) in [6, 6.07) is 9.65. The second kappa shape index (κ2) is 5.54. The summed E-state index contributed by atoms with van der Waals surface area (Å²) in [4.78, 5) is 18.6. The van der Waals surface area contributed by atoms with Crippen molar-refractivity contribution in [3.05, 3.63) is 53.5 Å². The summed E-state index contributed by atoms with van der Waals surface area (Å²) >= 11 is 0. The van der Waals surface area contributed by atoms with Crippen LogP contribution in [0.2, 0.25) is 0 Å². The zero-order valence-corrected chi connectivity index (χ0v) is 14.1. The number of hydrogen-bond donors (Lipinski definition) is 1. The third-order valence-corrected chi connectivity index (χ3v) is 5.31. The Balaban J connectivity index is 1.45. The maximum absolute atomic E-state index is 12.4. The molecule has 1 aliphatic carbocycles. The van der Waals surface area contributed by atoms with Gasteiger partial charge in [-0.3, -0.25) is 4.79 Å². The summed E-state index contributed by atoms with van der Waals surface area (Å²) < 4.78 is 11.0. The lowest BCUT2D eigenvalue weighted by Crippen LogP contribution is -2.44. The van der Waals surface area contributed by atoms with Crippen LogP contribution in [0.4, 0.5) is 5.69 Å². The molecule has 3 aromatic rings. The molecule has 1 saturated carbocycles. The normalized spacial score (nSPS) is 18.0. The van der Waals surface area contributed by atoms with Crippen LogP contribution in [-0.4, -0.2) is 16.0 Å². The minimum atomic E-state index is -0.488. The second-order valence-electron chi connectivity index (χ2n) is 6.99. The third-order valence-electron chi connectivity index (χ3n) is 5.31. The lowest BCUT2D eigenvalue weighted by atomic mass is 9.77. The molecule has 0 unspecified atom stereocenters. The molecule has 7 nitrogen and oxygen atoms in total. The molecule has 0 atom stereocenters. The van der Waals surface area contributed by atoms with Crippen LogP contribution in [0.5, 0.6) is 0 Å². The van der Waals surface area contributed by atoms with Gasteiger partial charge in [0.15, 0.2) is 11.6 Å². The monoisotopic (exact) mass is 350 g/mol. The Morgan fingerprint density at radius 2 is 2.08 bits per heavy atom. The minimum absolute atomic E-state index is 0.0694. The lowest BCUT2D eigenvalue weighted by molar-refractivity contribution is -0.117. The maximum atomic E-state index is 12.4. The maximum Gasteiger partial charge on any atom is 0.294 e. The van der Waals surface area contributed by atoms with Gasteiger partial charge in [0.25, 0.3) is 5.89 Å². The minimum Gasteiger partial charge on any atom is -0.459 e. The molecule has 0 radical (unpaired) electrons. The number of nitrogens with zero attached hydrogens (tertiary/aromatic N) is 3. The van der Waals surface area contributed by atoms with Crippen LogP contribution in [0, 0.1) is 0 Å². The molecular weight excluding hydrogens is 332 g/mol. The molecular formula is C19H18N4O3. The van der Waals surface area contributed by atoms with Gasteiger partial charge in [-0.05, 0) is 37.0 Å². The van der Waals surface area contributed by atoms with Crippen LogP contribution in [0.1, 0.15) is 36.2 Å². The van der Waals surface area contributed by atoms with E-state index in [0.29, 0.717) is 30.4 Å². The van der Waals surface area contributed by atoms with Gasteiger partial charge in [-0.2, -0.15) is 4.98 Å². The average molecular weight is 350 g/mol. The molecule has 26 heavy (non-hydrogen) atoms. The van der Waals surface area contributed by atoms with Crippen molar-refractivity contribution in [1.82, 2.24) is 10.1 Å². The zero-order chi connectivity index (χ0) is 17.7. The summed E-state index contributed by atoms with van der Waals surface area (Å²) in [5.74, 6) is 1.38. The van der Waals surface area contributed by atoms with Gasteiger partial charge in [-0.25, -0.2) is 0 Å². The van der Waals surface area contributed by atoms with Crippen molar-refractivity contribution in [2.24, 2.45) is 5.73 Å². The van der Waals surface area contributed by atoms with Crippen LogP contribution in [0.25, 0.3) is 11.7 Å². The molecule has 1 aliphatic heterocycles. The number of fused-ring (bicyclic) bond motifs is 1. The van der Waals surface area contributed by atoms with E-state index in [9.17, 15) is 4.79 Å². The highest BCUT2D eigenvalue weighted by atomic mass is 16.5. The van der Waals surface area contributed by atoms with Crippen molar-refractivity contribution in [1.29, 1.82) is 0 Å². The van der Waals surface area contributed by atoms with Crippen LogP contribution >= 0.6 is 0 Å². The Labute approximate surface area is 149 Å². The Morgan fingerprint density at radius 3 is 2.88 bits per heavy atom. The molecule has 0 spiro atoms. The van der Waals surface area contributed by atoms with E-state index in [1.807, 2.05) is 30.3 Å². The van der Waals surface area contributed by atoms with Crippen molar-refractivity contribution in [3.63, 3.8) is 0 Å². The largest absolute Gasteiger partial charge is 0.459 e. The lowest BCUT2D eigenvalue weighted by Gasteiger charge is -2.34. The van der Waals surface area contributed by atoms with Crippen LogP contribution < -0.4 is 10.6 Å². The fourth-order valence-corrected chi connectivity index (χ4v) is 3.61. The van der Waals surface area contributed by atoms with Crippen LogP contribution in [0.3, 0.4) is 0 Å². The smallest absolute Gasteiger partial charge is 0.294 e. The van der Waals surface area contributed by atoms with E-state index in [1.165, 1.54) is 0 Å². The van der Waals surface area contributed by atoms with Crippen LogP contribution in [-0.2, 0) is 23.3 Å². The van der Waals surface area contributed by atoms with E-state index < -0.39 is 5.54 Å². The molecule has 7 heteroatoms. The van der Waals surface area contributed by atoms with Crippen molar-refractivity contribution in [3.8, 4) is 11.7 Å². The molecule has 3 heterocycles. The summed E-state index contributed by atoms with van der Waals surface area (Å²) in [7, 11) is 0. The van der Waals surface area contributed by atoms with Gasteiger partial charge in [0.1, 0.15) is 0 Å². The standard InChI is InChI=1S/C19H18N4O3/c20-19(7-3-8-19)18-21-17(26-22-18)16-13(6-9-25-16)11-23-14-5-2-1-4-12(14)10-15(23)24/h1-2,4-6,9H,3,7-8,10-11,20H2. The molecule has 0 saturated heterocycles. The van der Waals surface area contributed by atoms with Crippen molar-refractivity contribution >= 4 is 11.6 Å². The highest BCUT2D eigenvalue weighted by Gasteiger charge is 2.39. The Hall–Kier alpha value is -2.93. The number of rotatable bonds is 4. The Morgan fingerprint density at radius 1 is 1.23 bits per heavy atom. The summed E-state index contributed by atoms with van der Waals surface area (Å²) in [5.41, 5.74) is 8.58. The predicted octanol–water partition coefficient (Wildman–Crippen LogP) is 2.76. The van der Waals surface area contributed by atoms with E-state index in [1.54, 1.807) is 11.2 Å². The van der Waals surface area contributed by atoms with E-state index in [0.717, 1.165) is 36.1 Å². The van der Waals surface area contributed by atoms with E-state index in [2.05, 4.69) is 10.1 Å². The van der Waals surface area contributed by atoms with Gasteiger partial charge in [0.05, 0.1) is 24.8 Å². The number of hydrogen-bond acceptors (Lipinski definition) is 6. The molecule has 2 aromatic heterocycles. The average Bonchev–Trinajstić information content (AvgIpc) is 3.32. The number of carbonyl (C=O) groups excluding carboxylic acids is 1. The predicted molar refractivity (Wildman–Crippen MR) is 93.1 cm³/mol. The summed E-state index contributed by atoms with van der Waals surface area (Å²) in [6.45, 7) is 0.396. The number of aromatic nitrogens is 2. The molecule has 2 aliphatic rings. The van der Waals surface area contributed by atoms with Gasteiger partial charge < -0.3 is 19.6 Å². The van der Waals surface area contributed by atoms with E-state index in [-0.39, 0.29) is 5.91 Å². The molecule has 0 bridgehead atoms. The van der Waals surface area contributed by atoms with Crippen LogP contribution in [0.15, 0.2) is 45.5 Å². The summed E-state index contributed by atoms with van der Waals surface area (Å²) in [5, 5.41) is 4.04. The van der Waals surface area contributed by atoms with Gasteiger partial charge in [0.2, 0.25) is 5.91 Å².